The first kappa shape index (κ1) is 16.2. The lowest BCUT2D eigenvalue weighted by Crippen LogP contribution is -2.45. The number of hydrogen-bond donors (Lipinski definition) is 2. The van der Waals surface area contributed by atoms with Crippen molar-refractivity contribution in [3.8, 4) is 5.75 Å². The van der Waals surface area contributed by atoms with Crippen LogP contribution in [0.15, 0.2) is 36.4 Å². The van der Waals surface area contributed by atoms with E-state index in [1.54, 1.807) is 0 Å². The lowest BCUT2D eigenvalue weighted by Gasteiger charge is -2.36. The molecule has 0 aromatic heterocycles. The highest BCUT2D eigenvalue weighted by molar-refractivity contribution is 5.88. The molecule has 2 N–H and O–H groups in total. The van der Waals surface area contributed by atoms with Crippen LogP contribution in [0.4, 0.5) is 0 Å². The number of hydrogen-bond acceptors (Lipinski definition) is 4. The molecule has 23 heavy (non-hydrogen) atoms. The average Bonchev–Trinajstić information content (AvgIpc) is 2.61. The number of aliphatic hydroxyl groups is 1. The van der Waals surface area contributed by atoms with Gasteiger partial charge in [-0.25, -0.2) is 0 Å². The van der Waals surface area contributed by atoms with Crippen molar-refractivity contribution >= 4 is 10.8 Å². The summed E-state index contributed by atoms with van der Waals surface area (Å²) in [4.78, 5) is 2.47. The number of aliphatic hydroxyl groups excluding tert-OH is 1. The van der Waals surface area contributed by atoms with Gasteiger partial charge >= 0.3 is 0 Å². The third-order valence-electron chi connectivity index (χ3n) is 4.56. The van der Waals surface area contributed by atoms with Gasteiger partial charge in [-0.3, -0.25) is 4.90 Å². The van der Waals surface area contributed by atoms with Gasteiger partial charge in [0.15, 0.2) is 0 Å². The van der Waals surface area contributed by atoms with Gasteiger partial charge in [-0.15, -0.1) is 0 Å². The molecular formula is C19H26N2O2. The first-order valence-electron chi connectivity index (χ1n) is 8.55. The quantitative estimate of drug-likeness (QED) is 0.860. The van der Waals surface area contributed by atoms with Crippen molar-refractivity contribution in [1.29, 1.82) is 0 Å². The van der Waals surface area contributed by atoms with Crippen LogP contribution >= 0.6 is 0 Å². The standard InChI is InChI=1S/C19H26N2O2/c1-2-23-18-8-7-15-5-3-4-6-16(15)19(18)17(9-14-22)21-12-10-20-11-13-21/h3-8,17,20,22H,2,9-14H2,1H3/t17-/m1/s1. The Bertz CT molecular complexity index is 638. The molecule has 1 atom stereocenters. The van der Waals surface area contributed by atoms with E-state index in [0.29, 0.717) is 6.61 Å². The van der Waals surface area contributed by atoms with E-state index in [4.69, 9.17) is 4.74 Å². The molecule has 0 saturated carbocycles. The maximum absolute atomic E-state index is 9.64. The first-order valence-corrected chi connectivity index (χ1v) is 8.55. The first-order chi connectivity index (χ1) is 11.3. The predicted octanol–water partition coefficient (Wildman–Crippen LogP) is 2.57. The largest absolute Gasteiger partial charge is 0.494 e. The lowest BCUT2D eigenvalue weighted by atomic mass is 9.94. The second-order valence-corrected chi connectivity index (χ2v) is 5.95. The van der Waals surface area contributed by atoms with E-state index in [2.05, 4.69) is 46.6 Å². The molecule has 0 spiro atoms. The van der Waals surface area contributed by atoms with Crippen molar-refractivity contribution in [3.63, 3.8) is 0 Å². The van der Waals surface area contributed by atoms with Crippen molar-refractivity contribution in [2.24, 2.45) is 0 Å². The van der Waals surface area contributed by atoms with E-state index in [-0.39, 0.29) is 12.6 Å². The summed E-state index contributed by atoms with van der Waals surface area (Å²) in [6, 6.07) is 12.8. The van der Waals surface area contributed by atoms with Gasteiger partial charge in [-0.1, -0.05) is 30.3 Å². The minimum absolute atomic E-state index is 0.184. The molecule has 0 amide bonds. The fraction of sp³-hybridized carbons (Fsp3) is 0.474. The SMILES string of the molecule is CCOc1ccc2ccccc2c1[C@@H](CCO)N1CCNCC1. The molecule has 1 fully saturated rings. The minimum atomic E-state index is 0.184. The number of rotatable bonds is 6. The van der Waals surface area contributed by atoms with Gasteiger partial charge in [0.25, 0.3) is 0 Å². The van der Waals surface area contributed by atoms with Crippen LogP contribution in [0.3, 0.4) is 0 Å². The number of fused-ring (bicyclic) bond motifs is 1. The molecule has 3 rings (SSSR count). The third-order valence-corrected chi connectivity index (χ3v) is 4.56. The molecule has 1 aliphatic heterocycles. The summed E-state index contributed by atoms with van der Waals surface area (Å²) in [7, 11) is 0. The van der Waals surface area contributed by atoms with Crippen LogP contribution in [-0.2, 0) is 0 Å². The average molecular weight is 314 g/mol. The van der Waals surface area contributed by atoms with Crippen LogP contribution in [0.25, 0.3) is 10.8 Å². The number of nitrogens with one attached hydrogen (secondary N) is 1. The van der Waals surface area contributed by atoms with E-state index < -0.39 is 0 Å². The van der Waals surface area contributed by atoms with Crippen molar-refractivity contribution in [2.75, 3.05) is 39.4 Å². The van der Waals surface area contributed by atoms with Crippen LogP contribution < -0.4 is 10.1 Å². The van der Waals surface area contributed by atoms with E-state index in [9.17, 15) is 5.11 Å². The molecule has 2 aromatic carbocycles. The maximum atomic E-state index is 9.64. The van der Waals surface area contributed by atoms with Crippen LogP contribution in [0.1, 0.15) is 24.9 Å². The van der Waals surface area contributed by atoms with Gasteiger partial charge in [0.2, 0.25) is 0 Å². The lowest BCUT2D eigenvalue weighted by molar-refractivity contribution is 0.139. The highest BCUT2D eigenvalue weighted by Gasteiger charge is 2.26. The number of ether oxygens (including phenoxy) is 1. The maximum Gasteiger partial charge on any atom is 0.124 e. The molecule has 0 unspecified atom stereocenters. The van der Waals surface area contributed by atoms with E-state index in [1.165, 1.54) is 16.3 Å². The Morgan fingerprint density at radius 3 is 2.70 bits per heavy atom. The topological polar surface area (TPSA) is 44.7 Å². The molecule has 0 aliphatic carbocycles. The van der Waals surface area contributed by atoms with Gasteiger partial charge in [-0.2, -0.15) is 0 Å². The van der Waals surface area contributed by atoms with Crippen LogP contribution in [0.2, 0.25) is 0 Å². The highest BCUT2D eigenvalue weighted by atomic mass is 16.5. The van der Waals surface area contributed by atoms with Crippen LogP contribution in [0.5, 0.6) is 5.75 Å². The van der Waals surface area contributed by atoms with Gasteiger partial charge in [-0.05, 0) is 30.2 Å². The Morgan fingerprint density at radius 2 is 1.96 bits per heavy atom. The van der Waals surface area contributed by atoms with Crippen molar-refractivity contribution in [1.82, 2.24) is 10.2 Å². The Hall–Kier alpha value is -1.62. The zero-order valence-electron chi connectivity index (χ0n) is 13.8. The van der Waals surface area contributed by atoms with Gasteiger partial charge in [0.05, 0.1) is 6.61 Å². The summed E-state index contributed by atoms with van der Waals surface area (Å²) in [6.07, 6.45) is 0.730. The Balaban J connectivity index is 2.10. The van der Waals surface area contributed by atoms with E-state index >= 15 is 0 Å². The Morgan fingerprint density at radius 1 is 1.17 bits per heavy atom. The second-order valence-electron chi connectivity index (χ2n) is 5.95. The fourth-order valence-corrected chi connectivity index (χ4v) is 3.53. The summed E-state index contributed by atoms with van der Waals surface area (Å²) in [5.41, 5.74) is 1.22. The molecule has 1 aliphatic rings. The fourth-order valence-electron chi connectivity index (χ4n) is 3.53. The number of piperazine rings is 1. The molecule has 4 heteroatoms. The number of benzene rings is 2. The molecule has 0 bridgehead atoms. The zero-order valence-corrected chi connectivity index (χ0v) is 13.8. The van der Waals surface area contributed by atoms with Gasteiger partial charge in [0.1, 0.15) is 5.75 Å². The summed E-state index contributed by atoms with van der Waals surface area (Å²) in [5.74, 6) is 0.947. The summed E-state index contributed by atoms with van der Waals surface area (Å²) in [6.45, 7) is 6.85. The van der Waals surface area contributed by atoms with Gasteiger partial charge < -0.3 is 15.2 Å². The van der Waals surface area contributed by atoms with Crippen molar-refractivity contribution in [2.45, 2.75) is 19.4 Å². The second kappa shape index (κ2) is 7.77. The summed E-state index contributed by atoms with van der Waals surface area (Å²) >= 11 is 0. The van der Waals surface area contributed by atoms with Gasteiger partial charge in [0, 0.05) is 44.4 Å². The Kier molecular flexibility index (Phi) is 5.49. The van der Waals surface area contributed by atoms with E-state index in [1.807, 2.05) is 6.92 Å². The minimum Gasteiger partial charge on any atom is -0.494 e. The van der Waals surface area contributed by atoms with Crippen molar-refractivity contribution in [3.05, 3.63) is 42.0 Å². The predicted molar refractivity (Wildman–Crippen MR) is 94.0 cm³/mol. The smallest absolute Gasteiger partial charge is 0.124 e. The van der Waals surface area contributed by atoms with Crippen LogP contribution in [0, 0.1) is 0 Å². The molecular weight excluding hydrogens is 288 g/mol. The number of nitrogens with zero attached hydrogens (tertiary/aromatic N) is 1. The van der Waals surface area contributed by atoms with E-state index in [0.717, 1.165) is 38.3 Å². The molecule has 4 nitrogen and oxygen atoms in total. The van der Waals surface area contributed by atoms with Crippen LogP contribution in [-0.4, -0.2) is 49.4 Å². The third kappa shape index (κ3) is 3.50. The normalized spacial score (nSPS) is 17.3. The molecule has 2 aromatic rings. The highest BCUT2D eigenvalue weighted by Crippen LogP contribution is 2.38. The Labute approximate surface area is 138 Å². The molecule has 1 saturated heterocycles. The molecule has 1 heterocycles. The molecule has 124 valence electrons. The molecule has 0 radical (unpaired) electrons. The summed E-state index contributed by atoms with van der Waals surface area (Å²) in [5, 5.41) is 15.5. The summed E-state index contributed by atoms with van der Waals surface area (Å²) < 4.78 is 5.94. The zero-order chi connectivity index (χ0) is 16.1. The van der Waals surface area contributed by atoms with Crippen molar-refractivity contribution < 1.29 is 9.84 Å². The monoisotopic (exact) mass is 314 g/mol.